The SMILES string of the molecule is Cn1ccnc1SC1CCN(C(=O)Oc2ccc(N3C(=O)CC(C)(C)CC3=O)cn2)CC1. The Bertz CT molecular complexity index is 992. The van der Waals surface area contributed by atoms with Crippen molar-refractivity contribution in [1.82, 2.24) is 19.4 Å². The first-order chi connectivity index (χ1) is 15.2. The van der Waals surface area contributed by atoms with Crippen LogP contribution < -0.4 is 9.64 Å². The van der Waals surface area contributed by atoms with Crippen LogP contribution in [0.2, 0.25) is 0 Å². The van der Waals surface area contributed by atoms with Crippen LogP contribution in [0.3, 0.4) is 0 Å². The molecule has 2 aliphatic rings. The molecule has 0 bridgehead atoms. The molecule has 4 rings (SSSR count). The Balaban J connectivity index is 1.30. The Hall–Kier alpha value is -2.88. The first kappa shape index (κ1) is 22.3. The quantitative estimate of drug-likeness (QED) is 0.650. The zero-order valence-corrected chi connectivity index (χ0v) is 19.3. The number of carbonyl (C=O) groups is 3. The van der Waals surface area contributed by atoms with Crippen LogP contribution >= 0.6 is 11.8 Å². The summed E-state index contributed by atoms with van der Waals surface area (Å²) in [5, 5.41) is 1.38. The Kier molecular flexibility index (Phi) is 6.23. The van der Waals surface area contributed by atoms with Crippen molar-refractivity contribution in [2.75, 3.05) is 18.0 Å². The summed E-state index contributed by atoms with van der Waals surface area (Å²) in [4.78, 5) is 48.7. The zero-order chi connectivity index (χ0) is 22.9. The van der Waals surface area contributed by atoms with Gasteiger partial charge in [0.05, 0.1) is 11.9 Å². The number of likely N-dealkylation sites (tertiary alicyclic amines) is 1. The molecule has 0 N–H and O–H groups in total. The number of hydrogen-bond acceptors (Lipinski definition) is 7. The lowest BCUT2D eigenvalue weighted by molar-refractivity contribution is -0.132. The standard InChI is InChI=1S/C22H27N5O4S/c1-22(2)12-18(28)27(19(29)13-22)15-4-5-17(24-14-15)31-21(30)26-9-6-16(7-10-26)32-20-23-8-11-25(20)3/h4-5,8,11,14,16H,6-7,9-10,12-13H2,1-3H3. The summed E-state index contributed by atoms with van der Waals surface area (Å²) in [6.07, 6.45) is 6.96. The molecule has 2 aromatic rings. The molecular formula is C22H27N5O4S. The van der Waals surface area contributed by atoms with E-state index in [1.54, 1.807) is 28.9 Å². The first-order valence-electron chi connectivity index (χ1n) is 10.6. The molecule has 2 aliphatic heterocycles. The van der Waals surface area contributed by atoms with E-state index in [0.717, 1.165) is 22.9 Å². The Morgan fingerprint density at radius 3 is 2.38 bits per heavy atom. The van der Waals surface area contributed by atoms with Gasteiger partial charge >= 0.3 is 6.09 Å². The van der Waals surface area contributed by atoms with E-state index in [4.69, 9.17) is 4.74 Å². The summed E-state index contributed by atoms with van der Waals surface area (Å²) < 4.78 is 7.40. The molecule has 0 aliphatic carbocycles. The van der Waals surface area contributed by atoms with Crippen molar-refractivity contribution >= 4 is 35.4 Å². The number of imidazole rings is 1. The maximum absolute atomic E-state index is 12.5. The van der Waals surface area contributed by atoms with Gasteiger partial charge in [-0.25, -0.2) is 19.7 Å². The van der Waals surface area contributed by atoms with Crippen molar-refractivity contribution in [3.63, 3.8) is 0 Å². The maximum Gasteiger partial charge on any atom is 0.416 e. The highest BCUT2D eigenvalue weighted by Gasteiger charge is 2.38. The third-order valence-electron chi connectivity index (χ3n) is 5.68. The molecular weight excluding hydrogens is 430 g/mol. The first-order valence-corrected chi connectivity index (χ1v) is 11.5. The van der Waals surface area contributed by atoms with E-state index >= 15 is 0 Å². The molecule has 170 valence electrons. The Labute approximate surface area is 191 Å². The van der Waals surface area contributed by atoms with Crippen LogP contribution in [0.25, 0.3) is 0 Å². The van der Waals surface area contributed by atoms with Gasteiger partial charge in [-0.05, 0) is 24.3 Å². The van der Waals surface area contributed by atoms with Gasteiger partial charge in [0.1, 0.15) is 0 Å². The molecule has 0 unspecified atom stereocenters. The van der Waals surface area contributed by atoms with Gasteiger partial charge in [-0.3, -0.25) is 9.59 Å². The van der Waals surface area contributed by atoms with Crippen molar-refractivity contribution in [2.45, 2.75) is 49.9 Å². The van der Waals surface area contributed by atoms with Crippen LogP contribution in [-0.2, 0) is 16.6 Å². The molecule has 4 heterocycles. The monoisotopic (exact) mass is 457 g/mol. The van der Waals surface area contributed by atoms with E-state index < -0.39 is 6.09 Å². The molecule has 0 aromatic carbocycles. The molecule has 0 radical (unpaired) electrons. The van der Waals surface area contributed by atoms with Gasteiger partial charge in [0, 0.05) is 56.7 Å². The summed E-state index contributed by atoms with van der Waals surface area (Å²) in [6.45, 7) is 5.01. The second-order valence-electron chi connectivity index (χ2n) is 8.99. The number of rotatable bonds is 4. The summed E-state index contributed by atoms with van der Waals surface area (Å²) in [6, 6.07) is 3.09. The highest BCUT2D eigenvalue weighted by Crippen LogP contribution is 2.34. The van der Waals surface area contributed by atoms with Crippen molar-refractivity contribution in [3.8, 4) is 5.88 Å². The van der Waals surface area contributed by atoms with Crippen molar-refractivity contribution < 1.29 is 19.1 Å². The third kappa shape index (κ3) is 4.95. The molecule has 2 aromatic heterocycles. The number of imide groups is 1. The van der Waals surface area contributed by atoms with Crippen LogP contribution in [0.4, 0.5) is 10.5 Å². The second-order valence-corrected chi connectivity index (χ2v) is 10.3. The molecule has 0 saturated carbocycles. The largest absolute Gasteiger partial charge is 0.416 e. The molecule has 9 nitrogen and oxygen atoms in total. The molecule has 2 saturated heterocycles. The van der Waals surface area contributed by atoms with Crippen LogP contribution in [0.1, 0.15) is 39.5 Å². The van der Waals surface area contributed by atoms with Crippen molar-refractivity contribution in [3.05, 3.63) is 30.7 Å². The van der Waals surface area contributed by atoms with E-state index in [1.165, 1.54) is 12.3 Å². The zero-order valence-electron chi connectivity index (χ0n) is 18.5. The summed E-state index contributed by atoms with van der Waals surface area (Å²) in [5.41, 5.74) is 0.0547. The predicted molar refractivity (Wildman–Crippen MR) is 119 cm³/mol. The lowest BCUT2D eigenvalue weighted by Crippen LogP contribution is -2.46. The maximum atomic E-state index is 12.5. The number of ether oxygens (including phenoxy) is 1. The van der Waals surface area contributed by atoms with Gasteiger partial charge in [0.15, 0.2) is 5.16 Å². The van der Waals surface area contributed by atoms with Crippen LogP contribution in [0, 0.1) is 5.41 Å². The molecule has 10 heteroatoms. The van der Waals surface area contributed by atoms with Gasteiger partial charge in [0.25, 0.3) is 0 Å². The number of hydrogen-bond donors (Lipinski definition) is 0. The van der Waals surface area contributed by atoms with Crippen molar-refractivity contribution in [2.24, 2.45) is 12.5 Å². The number of carbonyl (C=O) groups excluding carboxylic acids is 3. The highest BCUT2D eigenvalue weighted by molar-refractivity contribution is 7.99. The number of piperidine rings is 2. The molecule has 0 spiro atoms. The van der Waals surface area contributed by atoms with Crippen molar-refractivity contribution in [1.29, 1.82) is 0 Å². The average Bonchev–Trinajstić information content (AvgIpc) is 3.13. The number of aryl methyl sites for hydroxylation is 1. The number of thioether (sulfide) groups is 1. The lowest BCUT2D eigenvalue weighted by Gasteiger charge is -2.34. The lowest BCUT2D eigenvalue weighted by atomic mass is 9.81. The van der Waals surface area contributed by atoms with Gasteiger partial charge in [-0.2, -0.15) is 0 Å². The van der Waals surface area contributed by atoms with E-state index in [9.17, 15) is 14.4 Å². The Morgan fingerprint density at radius 1 is 1.12 bits per heavy atom. The minimum atomic E-state index is -0.447. The van der Waals surface area contributed by atoms with Crippen LogP contribution in [0.15, 0.2) is 35.9 Å². The van der Waals surface area contributed by atoms with Gasteiger partial charge in [-0.15, -0.1) is 0 Å². The van der Waals surface area contributed by atoms with Crippen LogP contribution in [-0.4, -0.2) is 55.7 Å². The number of anilines is 1. The minimum Gasteiger partial charge on any atom is -0.391 e. The fourth-order valence-electron chi connectivity index (χ4n) is 3.96. The summed E-state index contributed by atoms with van der Waals surface area (Å²) >= 11 is 1.73. The molecule has 3 amide bonds. The average molecular weight is 458 g/mol. The predicted octanol–water partition coefficient (Wildman–Crippen LogP) is 3.25. The summed E-state index contributed by atoms with van der Waals surface area (Å²) in [5.74, 6) is -0.353. The molecule has 32 heavy (non-hydrogen) atoms. The smallest absolute Gasteiger partial charge is 0.391 e. The van der Waals surface area contributed by atoms with E-state index in [1.807, 2.05) is 31.7 Å². The van der Waals surface area contributed by atoms with E-state index in [0.29, 0.717) is 36.9 Å². The third-order valence-corrected chi connectivity index (χ3v) is 7.09. The highest BCUT2D eigenvalue weighted by atomic mass is 32.2. The second kappa shape index (κ2) is 8.93. The molecule has 2 fully saturated rings. The van der Waals surface area contributed by atoms with Gasteiger partial charge < -0.3 is 14.2 Å². The topological polar surface area (TPSA) is 97.6 Å². The molecule has 0 atom stereocenters. The van der Waals surface area contributed by atoms with E-state index in [-0.39, 0.29) is 23.1 Å². The summed E-state index contributed by atoms with van der Waals surface area (Å²) in [7, 11) is 1.97. The van der Waals surface area contributed by atoms with Crippen LogP contribution in [0.5, 0.6) is 5.88 Å². The van der Waals surface area contributed by atoms with Gasteiger partial charge in [-0.1, -0.05) is 25.6 Å². The number of nitrogens with zero attached hydrogens (tertiary/aromatic N) is 5. The fraction of sp³-hybridized carbons (Fsp3) is 0.500. The normalized spacial score (nSPS) is 19.3. The number of pyridine rings is 1. The minimum absolute atomic E-state index is 0.139. The Morgan fingerprint density at radius 2 is 1.81 bits per heavy atom. The number of aromatic nitrogens is 3. The van der Waals surface area contributed by atoms with Gasteiger partial charge in [0.2, 0.25) is 17.7 Å². The van der Waals surface area contributed by atoms with E-state index in [2.05, 4.69) is 9.97 Å². The fourth-order valence-corrected chi connectivity index (χ4v) is 5.05. The number of amides is 3.